The van der Waals surface area contributed by atoms with Gasteiger partial charge in [0.1, 0.15) is 11.6 Å². The van der Waals surface area contributed by atoms with Gasteiger partial charge in [-0.1, -0.05) is 13.8 Å². The summed E-state index contributed by atoms with van der Waals surface area (Å²) in [6.07, 6.45) is 4.68. The molecule has 8 nitrogen and oxygen atoms in total. The predicted molar refractivity (Wildman–Crippen MR) is 130 cm³/mol. The SMILES string of the molecule is CC(C)CS(=O)(=O)N1CCC(COc2cnc(N3C[C@H](c4cc(F)ccc4F)[C@@H](N)C3)nc2)CC1. The van der Waals surface area contributed by atoms with Crippen molar-refractivity contribution >= 4 is 16.0 Å². The second-order valence-corrected chi connectivity index (χ2v) is 11.9. The van der Waals surface area contributed by atoms with Crippen molar-refractivity contribution in [2.24, 2.45) is 17.6 Å². The van der Waals surface area contributed by atoms with Crippen LogP contribution in [0.2, 0.25) is 0 Å². The van der Waals surface area contributed by atoms with Crippen LogP contribution in [0, 0.1) is 23.5 Å². The van der Waals surface area contributed by atoms with Crippen LogP contribution in [-0.4, -0.2) is 67.3 Å². The second-order valence-electron chi connectivity index (χ2n) is 9.89. The number of piperidine rings is 1. The minimum Gasteiger partial charge on any atom is -0.490 e. The van der Waals surface area contributed by atoms with Gasteiger partial charge in [-0.05, 0) is 48.4 Å². The number of nitrogens with two attached hydrogens (primary N) is 1. The summed E-state index contributed by atoms with van der Waals surface area (Å²) in [5, 5.41) is 0. The molecule has 0 radical (unpaired) electrons. The average molecular weight is 510 g/mol. The first kappa shape index (κ1) is 25.7. The van der Waals surface area contributed by atoms with E-state index in [1.54, 1.807) is 16.7 Å². The van der Waals surface area contributed by atoms with Crippen molar-refractivity contribution < 1.29 is 21.9 Å². The van der Waals surface area contributed by atoms with Crippen molar-refractivity contribution in [3.8, 4) is 5.75 Å². The van der Waals surface area contributed by atoms with E-state index in [0.717, 1.165) is 25.0 Å². The summed E-state index contributed by atoms with van der Waals surface area (Å²) < 4.78 is 60.1. The second kappa shape index (κ2) is 10.7. The van der Waals surface area contributed by atoms with Gasteiger partial charge >= 0.3 is 0 Å². The summed E-state index contributed by atoms with van der Waals surface area (Å²) in [5.74, 6) is 0.204. The summed E-state index contributed by atoms with van der Waals surface area (Å²) in [6.45, 7) is 6.13. The molecule has 2 saturated heterocycles. The van der Waals surface area contributed by atoms with Gasteiger partial charge in [0.05, 0.1) is 24.8 Å². The van der Waals surface area contributed by atoms with Crippen LogP contribution in [0.3, 0.4) is 0 Å². The van der Waals surface area contributed by atoms with E-state index in [1.807, 2.05) is 18.7 Å². The molecule has 2 atom stereocenters. The van der Waals surface area contributed by atoms with Gasteiger partial charge in [0, 0.05) is 38.1 Å². The maximum atomic E-state index is 14.2. The van der Waals surface area contributed by atoms with E-state index in [1.165, 1.54) is 6.07 Å². The highest BCUT2D eigenvalue weighted by molar-refractivity contribution is 7.89. The summed E-state index contributed by atoms with van der Waals surface area (Å²) in [5.41, 5.74) is 6.49. The smallest absolute Gasteiger partial charge is 0.225 e. The molecule has 4 rings (SSSR count). The first-order chi connectivity index (χ1) is 16.6. The number of anilines is 1. The van der Waals surface area contributed by atoms with Gasteiger partial charge in [0.15, 0.2) is 5.75 Å². The van der Waals surface area contributed by atoms with Crippen LogP contribution < -0.4 is 15.4 Å². The fourth-order valence-corrected chi connectivity index (χ4v) is 6.58. The molecule has 2 fully saturated rings. The van der Waals surface area contributed by atoms with Crippen molar-refractivity contribution in [2.75, 3.05) is 43.4 Å². The minimum atomic E-state index is -3.20. The number of ether oxygens (including phenoxy) is 1. The number of aromatic nitrogens is 2. The number of halogens is 2. The third kappa shape index (κ3) is 6.25. The molecule has 2 aromatic rings. The Morgan fingerprint density at radius 2 is 1.83 bits per heavy atom. The topological polar surface area (TPSA) is 102 Å². The van der Waals surface area contributed by atoms with Crippen LogP contribution in [0.25, 0.3) is 0 Å². The zero-order valence-corrected chi connectivity index (χ0v) is 20.9. The lowest BCUT2D eigenvalue weighted by Crippen LogP contribution is -2.41. The van der Waals surface area contributed by atoms with Crippen LogP contribution in [0.5, 0.6) is 5.75 Å². The third-order valence-corrected chi connectivity index (χ3v) is 8.86. The van der Waals surface area contributed by atoms with E-state index in [4.69, 9.17) is 10.5 Å². The number of hydrogen-bond acceptors (Lipinski definition) is 7. The first-order valence-corrected chi connectivity index (χ1v) is 13.6. The molecule has 2 aliphatic rings. The van der Waals surface area contributed by atoms with Gasteiger partial charge in [-0.3, -0.25) is 0 Å². The van der Waals surface area contributed by atoms with Gasteiger partial charge < -0.3 is 15.4 Å². The van der Waals surface area contributed by atoms with Gasteiger partial charge in [0.25, 0.3) is 0 Å². The highest BCUT2D eigenvalue weighted by Gasteiger charge is 2.34. The molecule has 2 aliphatic heterocycles. The average Bonchev–Trinajstić information content (AvgIpc) is 3.20. The van der Waals surface area contributed by atoms with Crippen molar-refractivity contribution in [1.29, 1.82) is 0 Å². The predicted octanol–water partition coefficient (Wildman–Crippen LogP) is 2.76. The number of benzene rings is 1. The molecule has 192 valence electrons. The zero-order chi connectivity index (χ0) is 25.2. The monoisotopic (exact) mass is 509 g/mol. The third-order valence-electron chi connectivity index (χ3n) is 6.62. The Hall–Kier alpha value is -2.37. The van der Waals surface area contributed by atoms with Crippen LogP contribution in [0.15, 0.2) is 30.6 Å². The fourth-order valence-electron chi connectivity index (χ4n) is 4.76. The van der Waals surface area contributed by atoms with Crippen molar-refractivity contribution in [1.82, 2.24) is 14.3 Å². The van der Waals surface area contributed by atoms with Gasteiger partial charge in [-0.25, -0.2) is 31.5 Å². The van der Waals surface area contributed by atoms with Crippen LogP contribution >= 0.6 is 0 Å². The molecule has 11 heteroatoms. The Labute approximate surface area is 205 Å². The molecule has 0 spiro atoms. The maximum Gasteiger partial charge on any atom is 0.225 e. The molecular weight excluding hydrogens is 476 g/mol. The van der Waals surface area contributed by atoms with E-state index in [0.29, 0.717) is 44.5 Å². The number of sulfonamides is 1. The lowest BCUT2D eigenvalue weighted by atomic mass is 9.94. The summed E-state index contributed by atoms with van der Waals surface area (Å²) in [4.78, 5) is 10.6. The van der Waals surface area contributed by atoms with Gasteiger partial charge in [0.2, 0.25) is 16.0 Å². The van der Waals surface area contributed by atoms with Crippen molar-refractivity contribution in [2.45, 2.75) is 38.6 Å². The van der Waals surface area contributed by atoms with Crippen molar-refractivity contribution in [3.05, 3.63) is 47.8 Å². The maximum absolute atomic E-state index is 14.2. The molecule has 35 heavy (non-hydrogen) atoms. The van der Waals surface area contributed by atoms with Crippen LogP contribution in [0.1, 0.15) is 38.2 Å². The summed E-state index contributed by atoms with van der Waals surface area (Å²) in [6, 6.07) is 3.04. The Morgan fingerprint density at radius 3 is 2.49 bits per heavy atom. The normalized spacial score (nSPS) is 22.2. The Bertz CT molecular complexity index is 1110. The quantitative estimate of drug-likeness (QED) is 0.584. The van der Waals surface area contributed by atoms with E-state index in [-0.39, 0.29) is 35.1 Å². The minimum absolute atomic E-state index is 0.105. The molecule has 1 aromatic heterocycles. The molecule has 0 bridgehead atoms. The van der Waals surface area contributed by atoms with Crippen LogP contribution in [0.4, 0.5) is 14.7 Å². The molecule has 0 saturated carbocycles. The highest BCUT2D eigenvalue weighted by atomic mass is 32.2. The molecule has 0 amide bonds. The number of hydrogen-bond donors (Lipinski definition) is 1. The summed E-state index contributed by atoms with van der Waals surface area (Å²) in [7, 11) is -3.20. The standard InChI is InChI=1S/C24H33F2N5O3S/c1-16(2)15-35(32,33)31-7-5-17(6-8-31)14-34-19-10-28-24(29-11-19)30-12-21(23(27)13-30)20-9-18(25)3-4-22(20)26/h3-4,9-11,16-17,21,23H,5-8,12-15,27H2,1-2H3/t21-,23+/m1/s1. The number of rotatable bonds is 8. The lowest BCUT2D eigenvalue weighted by molar-refractivity contribution is 0.184. The Morgan fingerprint density at radius 1 is 1.14 bits per heavy atom. The largest absolute Gasteiger partial charge is 0.490 e. The zero-order valence-electron chi connectivity index (χ0n) is 20.1. The molecule has 2 N–H and O–H groups in total. The highest BCUT2D eigenvalue weighted by Crippen LogP contribution is 2.31. The number of nitrogens with zero attached hydrogens (tertiary/aromatic N) is 4. The molecular formula is C24H33F2N5O3S. The lowest BCUT2D eigenvalue weighted by Gasteiger charge is -2.31. The molecule has 0 aliphatic carbocycles. The van der Waals surface area contributed by atoms with Crippen LogP contribution in [-0.2, 0) is 10.0 Å². The molecule has 1 aromatic carbocycles. The van der Waals surface area contributed by atoms with E-state index < -0.39 is 21.7 Å². The van der Waals surface area contributed by atoms with Crippen molar-refractivity contribution in [3.63, 3.8) is 0 Å². The molecule has 3 heterocycles. The van der Waals surface area contributed by atoms with E-state index in [2.05, 4.69) is 9.97 Å². The van der Waals surface area contributed by atoms with E-state index in [9.17, 15) is 17.2 Å². The Balaban J connectivity index is 1.28. The summed E-state index contributed by atoms with van der Waals surface area (Å²) >= 11 is 0. The van der Waals surface area contributed by atoms with Gasteiger partial charge in [-0.15, -0.1) is 0 Å². The fraction of sp³-hybridized carbons (Fsp3) is 0.583. The van der Waals surface area contributed by atoms with Gasteiger partial charge in [-0.2, -0.15) is 0 Å². The van der Waals surface area contributed by atoms with E-state index >= 15 is 0 Å². The Kier molecular flexibility index (Phi) is 7.87. The molecule has 0 unspecified atom stereocenters. The first-order valence-electron chi connectivity index (χ1n) is 12.0.